The molecule has 1 aliphatic heterocycles. The molecule has 0 aliphatic carbocycles. The van der Waals surface area contributed by atoms with E-state index in [0.29, 0.717) is 0 Å². The van der Waals surface area contributed by atoms with Crippen LogP contribution in [0.1, 0.15) is 20.1 Å². The molecular weight excluding hydrogens is 493 g/mol. The number of aliphatic hydroxyl groups is 2. The first kappa shape index (κ1) is 26.4. The summed E-state index contributed by atoms with van der Waals surface area (Å²) in [4.78, 5) is 56.1. The molecule has 0 saturated carbocycles. The fourth-order valence-electron chi connectivity index (χ4n) is 3.19. The standard InChI is InChI=1S/C17H24N7O10P/c1-7(23-8(2)25)16(29)19-3-10(26)34-35(30,31)32-4-9-12(27)13(28)17(33-9)24-6-22-11-14(18)20-5-21-15(11)24/h5-7,9,12-13,17,27-28H,3-4H2,1-2H3,(H,19,29)(H,23,25)(H,30,31)(H2,18,20,21)/t7?,9-,12-,13-,17-/m1/s1. The number of aliphatic hydroxyl groups excluding tert-OH is 2. The lowest BCUT2D eigenvalue weighted by Crippen LogP contribution is -2.45. The van der Waals surface area contributed by atoms with Gasteiger partial charge in [0.2, 0.25) is 11.8 Å². The molecule has 0 radical (unpaired) electrons. The molecule has 1 saturated heterocycles. The zero-order valence-corrected chi connectivity index (χ0v) is 19.4. The second-order valence-electron chi connectivity index (χ2n) is 7.50. The van der Waals surface area contributed by atoms with Gasteiger partial charge in [0.25, 0.3) is 0 Å². The third-order valence-electron chi connectivity index (χ3n) is 4.84. The van der Waals surface area contributed by atoms with Crippen molar-refractivity contribution >= 4 is 42.6 Å². The Morgan fingerprint density at radius 2 is 2.00 bits per heavy atom. The monoisotopic (exact) mass is 517 g/mol. The number of amides is 2. The molecule has 18 heteroatoms. The molecule has 3 rings (SSSR count). The number of nitrogens with one attached hydrogen (secondary N) is 2. The van der Waals surface area contributed by atoms with Gasteiger partial charge in [-0.15, -0.1) is 0 Å². The van der Waals surface area contributed by atoms with Crippen LogP contribution in [0, 0.1) is 0 Å². The molecule has 35 heavy (non-hydrogen) atoms. The van der Waals surface area contributed by atoms with Crippen molar-refractivity contribution in [2.24, 2.45) is 0 Å². The minimum atomic E-state index is -4.98. The number of nitrogens with zero attached hydrogens (tertiary/aromatic N) is 4. The maximum Gasteiger partial charge on any atom is 0.529 e. The third-order valence-corrected chi connectivity index (χ3v) is 5.75. The highest BCUT2D eigenvalue weighted by atomic mass is 31.2. The summed E-state index contributed by atoms with van der Waals surface area (Å²) in [7, 11) is -4.98. The highest BCUT2D eigenvalue weighted by molar-refractivity contribution is 7.48. The zero-order valence-electron chi connectivity index (χ0n) is 18.5. The van der Waals surface area contributed by atoms with Crippen LogP contribution in [0.25, 0.3) is 11.2 Å². The van der Waals surface area contributed by atoms with Crippen molar-refractivity contribution in [3.05, 3.63) is 12.7 Å². The summed E-state index contributed by atoms with van der Waals surface area (Å²) in [5.41, 5.74) is 6.18. The summed E-state index contributed by atoms with van der Waals surface area (Å²) >= 11 is 0. The molecule has 2 amide bonds. The first-order valence-electron chi connectivity index (χ1n) is 10.1. The number of rotatable bonds is 9. The molecule has 0 spiro atoms. The Bertz CT molecular complexity index is 1160. The normalized spacial score (nSPS) is 24.5. The number of phosphoric ester groups is 1. The lowest BCUT2D eigenvalue weighted by atomic mass is 10.1. The number of fused-ring (bicyclic) bond motifs is 1. The SMILES string of the molecule is CC(=O)NC(C)C(=O)NCC(=O)OP(=O)(O)OC[C@H]1O[C@@H](n2cnc3c(N)ncnc32)[C@H](O)[C@@H]1O. The maximum atomic E-state index is 12.1. The van der Waals surface area contributed by atoms with E-state index in [1.165, 1.54) is 31.1 Å². The van der Waals surface area contributed by atoms with Crippen molar-refractivity contribution in [1.29, 1.82) is 0 Å². The molecule has 192 valence electrons. The van der Waals surface area contributed by atoms with Gasteiger partial charge in [0.15, 0.2) is 17.7 Å². The highest BCUT2D eigenvalue weighted by Crippen LogP contribution is 2.44. The van der Waals surface area contributed by atoms with Crippen LogP contribution in [0.2, 0.25) is 0 Å². The smallest absolute Gasteiger partial charge is 0.387 e. The van der Waals surface area contributed by atoms with Crippen LogP contribution in [0.5, 0.6) is 0 Å². The molecule has 2 aromatic rings. The Balaban J connectivity index is 1.54. The van der Waals surface area contributed by atoms with Crippen LogP contribution in [0.4, 0.5) is 5.82 Å². The highest BCUT2D eigenvalue weighted by Gasteiger charge is 2.45. The van der Waals surface area contributed by atoms with E-state index in [9.17, 15) is 34.1 Å². The number of carbonyl (C=O) groups is 3. The number of hydrogen-bond donors (Lipinski definition) is 6. The predicted molar refractivity (Wildman–Crippen MR) is 114 cm³/mol. The number of nitrogens with two attached hydrogens (primary N) is 1. The molecule has 17 nitrogen and oxygen atoms in total. The number of hydrogen-bond acceptors (Lipinski definition) is 13. The van der Waals surface area contributed by atoms with Crippen LogP contribution >= 0.6 is 7.82 Å². The van der Waals surface area contributed by atoms with E-state index in [1.54, 1.807) is 0 Å². The Hall–Kier alpha value is -3.21. The molecule has 2 unspecified atom stereocenters. The number of carbonyl (C=O) groups excluding carboxylic acids is 3. The molecule has 0 bridgehead atoms. The molecular formula is C17H24N7O10P. The van der Waals surface area contributed by atoms with Gasteiger partial charge in [0, 0.05) is 6.92 Å². The number of nitrogen functional groups attached to an aromatic ring is 1. The lowest BCUT2D eigenvalue weighted by molar-refractivity contribution is -0.137. The molecule has 1 fully saturated rings. The molecule has 3 heterocycles. The topological polar surface area (TPSA) is 250 Å². The van der Waals surface area contributed by atoms with E-state index in [4.69, 9.17) is 15.0 Å². The summed E-state index contributed by atoms with van der Waals surface area (Å²) in [6, 6.07) is -0.951. The first-order chi connectivity index (χ1) is 16.4. The van der Waals surface area contributed by atoms with Gasteiger partial charge in [0.1, 0.15) is 42.7 Å². The molecule has 7 N–H and O–H groups in total. The van der Waals surface area contributed by atoms with Crippen LogP contribution in [-0.2, 0) is 32.7 Å². The lowest BCUT2D eigenvalue weighted by Gasteiger charge is -2.17. The third kappa shape index (κ3) is 6.27. The van der Waals surface area contributed by atoms with E-state index in [2.05, 4.69) is 30.1 Å². The fourth-order valence-corrected chi connectivity index (χ4v) is 3.90. The summed E-state index contributed by atoms with van der Waals surface area (Å²) < 4.78 is 28.0. The number of aromatic nitrogens is 4. The van der Waals surface area contributed by atoms with Gasteiger partial charge in [-0.2, -0.15) is 0 Å². The number of phosphoric acid groups is 1. The van der Waals surface area contributed by atoms with Crippen LogP contribution in [-0.4, -0.2) is 89.9 Å². The minimum Gasteiger partial charge on any atom is -0.387 e. The van der Waals surface area contributed by atoms with Gasteiger partial charge in [-0.3, -0.25) is 23.6 Å². The molecule has 1 aliphatic rings. The Morgan fingerprint density at radius 1 is 1.29 bits per heavy atom. The van der Waals surface area contributed by atoms with Gasteiger partial charge in [-0.1, -0.05) is 0 Å². The Labute approximate surface area is 197 Å². The maximum absolute atomic E-state index is 12.1. The number of imidazole rings is 1. The van der Waals surface area contributed by atoms with E-state index in [-0.39, 0.29) is 17.0 Å². The summed E-state index contributed by atoms with van der Waals surface area (Å²) in [5, 5.41) is 25.1. The average Bonchev–Trinajstić information content (AvgIpc) is 3.32. The number of anilines is 1. The Kier molecular flexibility index (Phi) is 7.99. The molecule has 0 aromatic carbocycles. The first-order valence-corrected chi connectivity index (χ1v) is 11.6. The summed E-state index contributed by atoms with van der Waals surface area (Å²) in [6.07, 6.45) is -3.11. The van der Waals surface area contributed by atoms with Gasteiger partial charge in [-0.25, -0.2) is 24.3 Å². The van der Waals surface area contributed by atoms with Crippen molar-refractivity contribution in [3.63, 3.8) is 0 Å². The van der Waals surface area contributed by atoms with E-state index < -0.39 is 69.3 Å². The van der Waals surface area contributed by atoms with Gasteiger partial charge >= 0.3 is 13.8 Å². The van der Waals surface area contributed by atoms with E-state index >= 15 is 0 Å². The van der Waals surface area contributed by atoms with Crippen LogP contribution < -0.4 is 16.4 Å². The predicted octanol–water partition coefficient (Wildman–Crippen LogP) is -2.67. The zero-order chi connectivity index (χ0) is 25.9. The van der Waals surface area contributed by atoms with E-state index in [0.717, 1.165) is 0 Å². The average molecular weight is 517 g/mol. The van der Waals surface area contributed by atoms with Gasteiger partial charge in [-0.05, 0) is 6.92 Å². The summed E-state index contributed by atoms with van der Waals surface area (Å²) in [5.74, 6) is -2.41. The van der Waals surface area contributed by atoms with E-state index in [1.807, 2.05) is 0 Å². The molecule has 2 aromatic heterocycles. The number of ether oxygens (including phenoxy) is 1. The second kappa shape index (κ2) is 10.6. The largest absolute Gasteiger partial charge is 0.529 e. The van der Waals surface area contributed by atoms with Crippen molar-refractivity contribution in [2.75, 3.05) is 18.9 Å². The molecule has 6 atom stereocenters. The van der Waals surface area contributed by atoms with Crippen molar-refractivity contribution in [1.82, 2.24) is 30.2 Å². The minimum absolute atomic E-state index is 0.0884. The van der Waals surface area contributed by atoms with Gasteiger partial charge < -0.3 is 35.8 Å². The van der Waals surface area contributed by atoms with Crippen LogP contribution in [0.15, 0.2) is 12.7 Å². The van der Waals surface area contributed by atoms with Crippen molar-refractivity contribution in [2.45, 2.75) is 44.4 Å². The second-order valence-corrected chi connectivity index (χ2v) is 8.87. The van der Waals surface area contributed by atoms with Crippen LogP contribution in [0.3, 0.4) is 0 Å². The fraction of sp³-hybridized carbons (Fsp3) is 0.529. The van der Waals surface area contributed by atoms with Crippen molar-refractivity contribution in [3.8, 4) is 0 Å². The van der Waals surface area contributed by atoms with Gasteiger partial charge in [0.05, 0.1) is 12.9 Å². The van der Waals surface area contributed by atoms with Crippen molar-refractivity contribution < 1.29 is 47.8 Å². The quantitative estimate of drug-likeness (QED) is 0.186. The summed E-state index contributed by atoms with van der Waals surface area (Å²) in [6.45, 7) is 1.04. The Morgan fingerprint density at radius 3 is 2.69 bits per heavy atom.